The van der Waals surface area contributed by atoms with E-state index < -0.39 is 5.97 Å². The molecule has 7 heteroatoms. The summed E-state index contributed by atoms with van der Waals surface area (Å²) < 4.78 is 1.84. The van der Waals surface area contributed by atoms with E-state index in [9.17, 15) is 20.0 Å². The fraction of sp³-hybridized carbons (Fsp3) is 0.0857. The van der Waals surface area contributed by atoms with Crippen molar-refractivity contribution >= 4 is 33.6 Å². The molecule has 0 saturated carbocycles. The molecule has 0 aliphatic carbocycles. The molecular weight excluding hydrogens is 524 g/mol. The lowest BCUT2D eigenvalue weighted by molar-refractivity contribution is 0.0696. The molecular formula is C35H26N4O3. The van der Waals surface area contributed by atoms with E-state index in [0.717, 1.165) is 38.4 Å². The third kappa shape index (κ3) is 5.21. The predicted octanol–water partition coefficient (Wildman–Crippen LogP) is 6.97. The Balaban J connectivity index is 1.41. The van der Waals surface area contributed by atoms with E-state index in [-0.39, 0.29) is 17.5 Å². The van der Waals surface area contributed by atoms with Crippen LogP contribution in [-0.2, 0) is 6.54 Å². The van der Waals surface area contributed by atoms with Crippen LogP contribution in [0.5, 0.6) is 0 Å². The number of aromatic nitrogens is 2. The van der Waals surface area contributed by atoms with Crippen molar-refractivity contribution in [2.24, 2.45) is 0 Å². The van der Waals surface area contributed by atoms with E-state index >= 15 is 0 Å². The first kappa shape index (κ1) is 26.5. The highest BCUT2D eigenvalue weighted by atomic mass is 16.4. The number of nitrogens with zero attached hydrogens (tertiary/aromatic N) is 3. The molecule has 6 rings (SSSR count). The van der Waals surface area contributed by atoms with Crippen molar-refractivity contribution in [3.05, 3.63) is 137 Å². The molecule has 2 N–H and O–H groups in total. The van der Waals surface area contributed by atoms with E-state index in [0.29, 0.717) is 23.2 Å². The quantitative estimate of drug-likeness (QED) is 0.223. The van der Waals surface area contributed by atoms with Crippen LogP contribution in [0.1, 0.15) is 50.4 Å². The molecule has 0 radical (unpaired) electrons. The second kappa shape index (κ2) is 11.0. The van der Waals surface area contributed by atoms with Crippen LogP contribution in [0.2, 0.25) is 0 Å². The molecule has 0 aliphatic heterocycles. The number of fused-ring (bicyclic) bond motifs is 2. The monoisotopic (exact) mass is 550 g/mol. The van der Waals surface area contributed by atoms with Crippen molar-refractivity contribution in [1.29, 1.82) is 5.26 Å². The predicted molar refractivity (Wildman–Crippen MR) is 162 cm³/mol. The number of aromatic carboxylic acids is 1. The number of carbonyl (C=O) groups is 2. The van der Waals surface area contributed by atoms with Gasteiger partial charge in [0.2, 0.25) is 0 Å². The number of hydrogen-bond donors (Lipinski definition) is 2. The summed E-state index contributed by atoms with van der Waals surface area (Å²) in [5.41, 5.74) is 5.34. The fourth-order valence-corrected chi connectivity index (χ4v) is 5.24. The van der Waals surface area contributed by atoms with Crippen LogP contribution in [0.15, 0.2) is 109 Å². The number of nitrogens with one attached hydrogen (secondary N) is 1. The topological polar surface area (TPSA) is 108 Å². The number of carbonyl (C=O) groups excluding carboxylic acids is 1. The van der Waals surface area contributed by atoms with Gasteiger partial charge in [-0.05, 0) is 82.4 Å². The van der Waals surface area contributed by atoms with Gasteiger partial charge in [-0.2, -0.15) is 10.4 Å². The van der Waals surface area contributed by atoms with E-state index in [1.165, 1.54) is 12.1 Å². The standard InChI is InChI=1S/C35H26N4O3/c1-22(25-11-13-27(14-12-25)35(41)42)38-34(40)32-18-30(29-8-4-5-23(15-29)19-36)17-31-20-37-39(33(31)32)21-24-9-10-26-6-2-3-7-28(26)16-24/h2-18,20,22H,21H2,1H3,(H,38,40)(H,41,42)/t22-/m0/s1. The van der Waals surface area contributed by atoms with E-state index in [1.807, 2.05) is 48.0 Å². The number of carboxylic acids is 1. The van der Waals surface area contributed by atoms with E-state index in [2.05, 4.69) is 46.8 Å². The highest BCUT2D eigenvalue weighted by molar-refractivity contribution is 6.07. The zero-order valence-corrected chi connectivity index (χ0v) is 22.8. The molecule has 6 aromatic rings. The highest BCUT2D eigenvalue weighted by Crippen LogP contribution is 2.30. The van der Waals surface area contributed by atoms with Crippen LogP contribution < -0.4 is 5.32 Å². The van der Waals surface area contributed by atoms with Gasteiger partial charge in [0.25, 0.3) is 5.91 Å². The summed E-state index contributed by atoms with van der Waals surface area (Å²) in [6, 6.07) is 33.8. The van der Waals surface area contributed by atoms with Gasteiger partial charge in [-0.25, -0.2) is 4.79 Å². The number of benzene rings is 5. The Labute approximate surface area is 242 Å². The van der Waals surface area contributed by atoms with Crippen molar-refractivity contribution in [2.45, 2.75) is 19.5 Å². The Morgan fingerprint density at radius 3 is 2.43 bits per heavy atom. The molecule has 7 nitrogen and oxygen atoms in total. The van der Waals surface area contributed by atoms with Gasteiger partial charge in [-0.3, -0.25) is 9.48 Å². The third-order valence-corrected chi connectivity index (χ3v) is 7.45. The lowest BCUT2D eigenvalue weighted by atomic mass is 9.98. The highest BCUT2D eigenvalue weighted by Gasteiger charge is 2.20. The van der Waals surface area contributed by atoms with E-state index in [4.69, 9.17) is 0 Å². The van der Waals surface area contributed by atoms with Crippen LogP contribution in [0, 0.1) is 11.3 Å². The van der Waals surface area contributed by atoms with Gasteiger partial charge < -0.3 is 10.4 Å². The van der Waals surface area contributed by atoms with Gasteiger partial charge in [0.05, 0.1) is 47.1 Å². The van der Waals surface area contributed by atoms with Crippen LogP contribution in [-0.4, -0.2) is 26.8 Å². The minimum Gasteiger partial charge on any atom is -0.478 e. The first-order chi connectivity index (χ1) is 20.4. The zero-order chi connectivity index (χ0) is 29.2. The summed E-state index contributed by atoms with van der Waals surface area (Å²) in [5.74, 6) is -1.29. The Bertz CT molecular complexity index is 2020. The molecule has 0 saturated heterocycles. The lowest BCUT2D eigenvalue weighted by Gasteiger charge is -2.17. The molecule has 0 spiro atoms. The van der Waals surface area contributed by atoms with Crippen molar-refractivity contribution < 1.29 is 14.7 Å². The van der Waals surface area contributed by atoms with Crippen molar-refractivity contribution in [3.8, 4) is 17.2 Å². The number of rotatable bonds is 7. The van der Waals surface area contributed by atoms with Gasteiger partial charge in [0, 0.05) is 5.39 Å². The van der Waals surface area contributed by atoms with Gasteiger partial charge >= 0.3 is 5.97 Å². The molecule has 1 aromatic heterocycles. The summed E-state index contributed by atoms with van der Waals surface area (Å²) in [6.07, 6.45) is 1.76. The molecule has 1 amide bonds. The largest absolute Gasteiger partial charge is 0.478 e. The zero-order valence-electron chi connectivity index (χ0n) is 22.8. The molecule has 0 fully saturated rings. The smallest absolute Gasteiger partial charge is 0.335 e. The minimum absolute atomic E-state index is 0.184. The molecule has 5 aromatic carbocycles. The van der Waals surface area contributed by atoms with E-state index in [1.54, 1.807) is 30.5 Å². The summed E-state index contributed by atoms with van der Waals surface area (Å²) in [6.45, 7) is 2.33. The van der Waals surface area contributed by atoms with Gasteiger partial charge in [0.1, 0.15) is 0 Å². The third-order valence-electron chi connectivity index (χ3n) is 7.45. The Kier molecular flexibility index (Phi) is 6.95. The average molecular weight is 551 g/mol. The second-order valence-electron chi connectivity index (χ2n) is 10.3. The van der Waals surface area contributed by atoms with Crippen molar-refractivity contribution in [2.75, 3.05) is 0 Å². The molecule has 1 atom stereocenters. The average Bonchev–Trinajstić information content (AvgIpc) is 3.42. The summed E-state index contributed by atoms with van der Waals surface area (Å²) in [5, 5.41) is 29.5. The maximum absolute atomic E-state index is 13.9. The maximum Gasteiger partial charge on any atom is 0.335 e. The van der Waals surface area contributed by atoms with Crippen LogP contribution in [0.3, 0.4) is 0 Å². The second-order valence-corrected chi connectivity index (χ2v) is 10.3. The number of carboxylic acid groups (broad SMARTS) is 1. The number of hydrogen-bond acceptors (Lipinski definition) is 4. The number of amides is 1. The van der Waals surface area contributed by atoms with Crippen LogP contribution in [0.4, 0.5) is 0 Å². The molecule has 0 unspecified atom stereocenters. The van der Waals surface area contributed by atoms with Gasteiger partial charge in [0.15, 0.2) is 0 Å². The van der Waals surface area contributed by atoms with Gasteiger partial charge in [-0.1, -0.05) is 60.7 Å². The summed E-state index contributed by atoms with van der Waals surface area (Å²) in [7, 11) is 0. The fourth-order valence-electron chi connectivity index (χ4n) is 5.24. The molecule has 0 bridgehead atoms. The van der Waals surface area contributed by atoms with Crippen molar-refractivity contribution in [1.82, 2.24) is 15.1 Å². The lowest BCUT2D eigenvalue weighted by Crippen LogP contribution is -2.27. The summed E-state index contributed by atoms with van der Waals surface area (Å²) >= 11 is 0. The van der Waals surface area contributed by atoms with Crippen molar-refractivity contribution in [3.63, 3.8) is 0 Å². The molecule has 204 valence electrons. The molecule has 0 aliphatic rings. The number of nitriles is 1. The molecule has 1 heterocycles. The van der Waals surface area contributed by atoms with Crippen LogP contribution in [0.25, 0.3) is 32.8 Å². The normalized spacial score (nSPS) is 11.7. The first-order valence-electron chi connectivity index (χ1n) is 13.5. The Hall–Kier alpha value is -5.74. The Morgan fingerprint density at radius 1 is 0.881 bits per heavy atom. The molecule has 42 heavy (non-hydrogen) atoms. The Morgan fingerprint density at radius 2 is 1.67 bits per heavy atom. The summed E-state index contributed by atoms with van der Waals surface area (Å²) in [4.78, 5) is 25.2. The van der Waals surface area contributed by atoms with Gasteiger partial charge in [-0.15, -0.1) is 0 Å². The maximum atomic E-state index is 13.9. The minimum atomic E-state index is -1.00. The SMILES string of the molecule is C[C@H](NC(=O)c1cc(-c2cccc(C#N)c2)cc2cnn(Cc3ccc4ccccc4c3)c12)c1ccc(C(=O)O)cc1. The van der Waals surface area contributed by atoms with Crippen LogP contribution >= 0.6 is 0 Å². The first-order valence-corrected chi connectivity index (χ1v) is 13.5.